The van der Waals surface area contributed by atoms with E-state index in [1.807, 2.05) is 42.5 Å². The molecule has 2 fully saturated rings. The summed E-state index contributed by atoms with van der Waals surface area (Å²) in [6.07, 6.45) is 5.34. The van der Waals surface area contributed by atoms with Gasteiger partial charge in [0.05, 0.1) is 5.69 Å². The van der Waals surface area contributed by atoms with Crippen LogP contribution < -0.4 is 14.8 Å². The number of amides is 1. The van der Waals surface area contributed by atoms with E-state index in [2.05, 4.69) is 19.6 Å². The van der Waals surface area contributed by atoms with Crippen LogP contribution in [0.25, 0.3) is 0 Å². The van der Waals surface area contributed by atoms with Crippen LogP contribution in [0.3, 0.4) is 0 Å². The molecule has 2 aromatic carbocycles. The summed E-state index contributed by atoms with van der Waals surface area (Å²) in [4.78, 5) is 12.8. The third kappa shape index (κ3) is 6.30. The van der Waals surface area contributed by atoms with E-state index in [1.54, 1.807) is 6.07 Å². The zero-order valence-electron chi connectivity index (χ0n) is 21.7. The number of anilines is 1. The highest BCUT2D eigenvalue weighted by molar-refractivity contribution is 7.91. The van der Waals surface area contributed by atoms with E-state index in [0.29, 0.717) is 24.0 Å². The maximum Gasteiger partial charge on any atom is 0.329 e. The first-order valence-corrected chi connectivity index (χ1v) is 18.0. The highest BCUT2D eigenvalue weighted by Gasteiger charge is 2.44. The topological polar surface area (TPSA) is 92.9 Å². The average molecular weight is 530 g/mol. The predicted molar refractivity (Wildman–Crippen MR) is 147 cm³/mol. The molecule has 0 aromatic heterocycles. The van der Waals surface area contributed by atoms with Gasteiger partial charge in [-0.15, -0.1) is 0 Å². The lowest BCUT2D eigenvalue weighted by molar-refractivity contribution is -0.123. The average Bonchev–Trinajstić information content (AvgIpc) is 3.05. The normalized spacial score (nSPS) is 22.2. The predicted octanol–water partition coefficient (Wildman–Crippen LogP) is 4.56. The van der Waals surface area contributed by atoms with Gasteiger partial charge in [-0.3, -0.25) is 4.79 Å². The summed E-state index contributed by atoms with van der Waals surface area (Å²) in [6, 6.07) is 16.4. The molecule has 196 valence electrons. The first-order chi connectivity index (χ1) is 17.0. The van der Waals surface area contributed by atoms with Crippen molar-refractivity contribution in [1.82, 2.24) is 4.31 Å². The number of carbonyl (C=O) groups excluding carboxylic acids is 1. The number of hydrogen-bond acceptors (Lipinski definition) is 5. The second kappa shape index (κ2) is 10.9. The van der Waals surface area contributed by atoms with Crippen molar-refractivity contribution in [2.45, 2.75) is 70.4 Å². The molecule has 0 spiro atoms. The summed E-state index contributed by atoms with van der Waals surface area (Å²) in [5, 5.41) is 0. The van der Waals surface area contributed by atoms with Crippen LogP contribution in [0.1, 0.15) is 36.8 Å². The summed E-state index contributed by atoms with van der Waals surface area (Å²) < 4.78 is 35.4. The fraction of sp³-hybridized carbons (Fsp3) is 0.519. The maximum absolute atomic E-state index is 13.5. The summed E-state index contributed by atoms with van der Waals surface area (Å²) in [5.41, 5.74) is 8.86. The van der Waals surface area contributed by atoms with Crippen LogP contribution in [0.5, 0.6) is 5.75 Å². The van der Waals surface area contributed by atoms with Crippen molar-refractivity contribution < 1.29 is 17.9 Å². The molecule has 1 aliphatic heterocycles. The minimum atomic E-state index is -3.97. The minimum absolute atomic E-state index is 0.184. The molecule has 36 heavy (non-hydrogen) atoms. The van der Waals surface area contributed by atoms with Crippen LogP contribution in [-0.2, 0) is 28.0 Å². The second-order valence-electron chi connectivity index (χ2n) is 11.3. The van der Waals surface area contributed by atoms with Gasteiger partial charge in [0.1, 0.15) is 18.9 Å². The van der Waals surface area contributed by atoms with Gasteiger partial charge in [0.25, 0.3) is 5.91 Å². The molecule has 7 nitrogen and oxygen atoms in total. The Hall–Kier alpha value is -2.36. The van der Waals surface area contributed by atoms with E-state index >= 15 is 0 Å². The zero-order chi connectivity index (χ0) is 25.9. The van der Waals surface area contributed by atoms with E-state index in [-0.39, 0.29) is 25.0 Å². The van der Waals surface area contributed by atoms with Crippen LogP contribution in [0, 0.1) is 5.92 Å². The Bertz CT molecular complexity index is 1170. The minimum Gasteiger partial charge on any atom is -0.487 e. The lowest BCUT2D eigenvalue weighted by Gasteiger charge is -2.29. The van der Waals surface area contributed by atoms with Crippen LogP contribution in [-0.4, -0.2) is 45.8 Å². The van der Waals surface area contributed by atoms with Crippen LogP contribution >= 0.6 is 0 Å². The van der Waals surface area contributed by atoms with Crippen molar-refractivity contribution >= 4 is 29.9 Å². The van der Waals surface area contributed by atoms with Gasteiger partial charge in [-0.05, 0) is 54.5 Å². The van der Waals surface area contributed by atoms with Crippen LogP contribution in [0.4, 0.5) is 5.69 Å². The molecule has 9 heteroatoms. The third-order valence-electron chi connectivity index (χ3n) is 7.17. The van der Waals surface area contributed by atoms with E-state index in [1.165, 1.54) is 17.1 Å². The Balaban J connectivity index is 1.62. The maximum atomic E-state index is 13.5. The number of benzene rings is 2. The van der Waals surface area contributed by atoms with Gasteiger partial charge in [-0.25, -0.2) is 8.61 Å². The molecule has 2 aliphatic rings. The van der Waals surface area contributed by atoms with Gasteiger partial charge in [0.2, 0.25) is 0 Å². The fourth-order valence-corrected chi connectivity index (χ4v) is 7.56. The lowest BCUT2D eigenvalue weighted by Crippen LogP contribution is -2.37. The van der Waals surface area contributed by atoms with E-state index in [4.69, 9.17) is 10.5 Å². The highest BCUT2D eigenvalue weighted by Crippen LogP contribution is 2.37. The SMILES string of the molecule is C[Si](C)(C)CCN1C(=O)CN(c2ccc(CC3CCCCC3N)cc2OCc2ccccc2)S1(=O)=O. The zero-order valence-corrected chi connectivity index (χ0v) is 23.5. The Morgan fingerprint density at radius 2 is 1.75 bits per heavy atom. The van der Waals surface area contributed by atoms with Crippen molar-refractivity contribution in [3.63, 3.8) is 0 Å². The molecule has 1 heterocycles. The molecule has 4 rings (SSSR count). The molecular formula is C27H39N3O4SSi. The standard InChI is InChI=1S/C27H39N3O4SSi/c1-36(2,3)16-15-29-27(31)19-30(35(29,32)33)25-14-13-22(17-23-11-7-8-12-24(23)28)18-26(25)34-20-21-9-5-4-6-10-21/h4-6,9-10,13-14,18,23-24H,7-8,11-12,15-17,19-20,28H2,1-3H3. The molecule has 1 aliphatic carbocycles. The number of nitrogens with two attached hydrogens (primary N) is 1. The number of rotatable bonds is 9. The van der Waals surface area contributed by atoms with Gasteiger partial charge in [-0.1, -0.05) is 68.9 Å². The van der Waals surface area contributed by atoms with Gasteiger partial charge in [-0.2, -0.15) is 8.42 Å². The smallest absolute Gasteiger partial charge is 0.329 e. The molecular weight excluding hydrogens is 490 g/mol. The third-order valence-corrected chi connectivity index (χ3v) is 10.7. The molecule has 1 saturated carbocycles. The molecule has 2 atom stereocenters. The molecule has 0 bridgehead atoms. The molecule has 1 saturated heterocycles. The molecule has 2 N–H and O–H groups in total. The summed E-state index contributed by atoms with van der Waals surface area (Å²) in [6.45, 7) is 6.84. The van der Waals surface area contributed by atoms with Crippen molar-refractivity contribution in [3.8, 4) is 5.75 Å². The van der Waals surface area contributed by atoms with Crippen molar-refractivity contribution in [2.24, 2.45) is 11.7 Å². The van der Waals surface area contributed by atoms with Gasteiger partial charge in [0.15, 0.2) is 0 Å². The Morgan fingerprint density at radius 3 is 2.44 bits per heavy atom. The fourth-order valence-electron chi connectivity index (χ4n) is 4.95. The van der Waals surface area contributed by atoms with E-state index in [9.17, 15) is 13.2 Å². The summed E-state index contributed by atoms with van der Waals surface area (Å²) in [5.74, 6) is 0.490. The van der Waals surface area contributed by atoms with Gasteiger partial charge in [0, 0.05) is 20.7 Å². The highest BCUT2D eigenvalue weighted by atomic mass is 32.2. The molecule has 2 aromatic rings. The van der Waals surface area contributed by atoms with Crippen LogP contribution in [0.15, 0.2) is 48.5 Å². The number of nitrogens with zero attached hydrogens (tertiary/aromatic N) is 2. The van der Waals surface area contributed by atoms with Crippen molar-refractivity contribution in [1.29, 1.82) is 0 Å². The Labute approximate surface area is 216 Å². The Kier molecular flexibility index (Phi) is 8.11. The number of carbonyl (C=O) groups is 1. The van der Waals surface area contributed by atoms with Gasteiger partial charge >= 0.3 is 10.2 Å². The van der Waals surface area contributed by atoms with Crippen molar-refractivity contribution in [3.05, 3.63) is 59.7 Å². The lowest BCUT2D eigenvalue weighted by atomic mass is 9.81. The largest absolute Gasteiger partial charge is 0.487 e. The van der Waals surface area contributed by atoms with E-state index < -0.39 is 18.3 Å². The summed E-state index contributed by atoms with van der Waals surface area (Å²) in [7, 11) is -5.49. The first kappa shape index (κ1) is 26.7. The summed E-state index contributed by atoms with van der Waals surface area (Å²) >= 11 is 0. The quantitative estimate of drug-likeness (QED) is 0.481. The second-order valence-corrected chi connectivity index (χ2v) is 18.7. The van der Waals surface area contributed by atoms with Crippen molar-refractivity contribution in [2.75, 3.05) is 17.4 Å². The Morgan fingerprint density at radius 1 is 1.03 bits per heavy atom. The van der Waals surface area contributed by atoms with Gasteiger partial charge < -0.3 is 10.5 Å². The molecule has 2 unspecified atom stereocenters. The monoisotopic (exact) mass is 529 g/mol. The van der Waals surface area contributed by atoms with Crippen LogP contribution in [0.2, 0.25) is 25.7 Å². The molecule has 1 amide bonds. The number of hydrogen-bond donors (Lipinski definition) is 1. The first-order valence-electron chi connectivity index (χ1n) is 12.9. The van der Waals surface area contributed by atoms with E-state index in [0.717, 1.165) is 40.7 Å². The molecule has 0 radical (unpaired) electrons. The number of ether oxygens (including phenoxy) is 1.